The van der Waals surface area contributed by atoms with Gasteiger partial charge in [-0.25, -0.2) is 4.98 Å². The molecule has 0 saturated carbocycles. The van der Waals surface area contributed by atoms with Gasteiger partial charge in [0.2, 0.25) is 0 Å². The number of imidazole rings is 1. The van der Waals surface area contributed by atoms with Crippen LogP contribution in [-0.4, -0.2) is 14.4 Å². The Morgan fingerprint density at radius 1 is 1.17 bits per heavy atom. The summed E-state index contributed by atoms with van der Waals surface area (Å²) in [6.07, 6.45) is 3.44. The van der Waals surface area contributed by atoms with Crippen molar-refractivity contribution in [2.24, 2.45) is 0 Å². The van der Waals surface area contributed by atoms with Gasteiger partial charge in [-0.05, 0) is 36.4 Å². The number of fused-ring (bicyclic) bond motifs is 2. The molecule has 7 heteroatoms. The molecule has 0 radical (unpaired) electrons. The normalized spacial score (nSPS) is 11.2. The Bertz CT molecular complexity index is 1120. The van der Waals surface area contributed by atoms with E-state index in [0.717, 1.165) is 22.2 Å². The van der Waals surface area contributed by atoms with Gasteiger partial charge in [-0.2, -0.15) is 0 Å². The smallest absolute Gasteiger partial charge is 0.253 e. The molecule has 0 amide bonds. The Hall–Kier alpha value is -2.50. The second-order valence-corrected chi connectivity index (χ2v) is 6.26. The molecular formula is C17H12Cl2N4O. The van der Waals surface area contributed by atoms with Crippen LogP contribution >= 0.6 is 23.2 Å². The minimum Gasteiger partial charge on any atom is -0.380 e. The third kappa shape index (κ3) is 2.72. The van der Waals surface area contributed by atoms with Crippen molar-refractivity contribution >= 4 is 45.4 Å². The van der Waals surface area contributed by atoms with E-state index < -0.39 is 0 Å². The van der Waals surface area contributed by atoms with Gasteiger partial charge in [0.05, 0.1) is 11.9 Å². The van der Waals surface area contributed by atoms with Gasteiger partial charge in [-0.1, -0.05) is 23.2 Å². The van der Waals surface area contributed by atoms with E-state index >= 15 is 0 Å². The molecule has 24 heavy (non-hydrogen) atoms. The topological polar surface area (TPSA) is 62.2 Å². The van der Waals surface area contributed by atoms with Gasteiger partial charge >= 0.3 is 0 Å². The second kappa shape index (κ2) is 5.85. The Morgan fingerprint density at radius 2 is 2.04 bits per heavy atom. The molecule has 0 saturated heterocycles. The lowest BCUT2D eigenvalue weighted by Gasteiger charge is -2.08. The van der Waals surface area contributed by atoms with Gasteiger partial charge in [0.25, 0.3) is 5.56 Å². The van der Waals surface area contributed by atoms with Crippen molar-refractivity contribution in [1.82, 2.24) is 14.4 Å². The fourth-order valence-electron chi connectivity index (χ4n) is 2.61. The van der Waals surface area contributed by atoms with Crippen LogP contribution in [0.1, 0.15) is 5.56 Å². The molecule has 3 aromatic heterocycles. The molecule has 0 atom stereocenters. The molecule has 0 aliphatic heterocycles. The molecule has 0 fully saturated rings. The number of pyridine rings is 2. The van der Waals surface area contributed by atoms with E-state index in [0.29, 0.717) is 22.3 Å². The van der Waals surface area contributed by atoms with Crippen molar-refractivity contribution in [2.45, 2.75) is 6.54 Å². The fraction of sp³-hybridized carbons (Fsp3) is 0.0588. The summed E-state index contributed by atoms with van der Waals surface area (Å²) < 4.78 is 1.77. The number of hydrogen-bond acceptors (Lipinski definition) is 3. The Morgan fingerprint density at radius 3 is 2.92 bits per heavy atom. The van der Waals surface area contributed by atoms with E-state index in [4.69, 9.17) is 23.2 Å². The van der Waals surface area contributed by atoms with Crippen molar-refractivity contribution < 1.29 is 0 Å². The SMILES string of the molecule is O=c1[nH]c2ccc(Cl)cc2cc1CNc1ccc2ncc(Cl)n2c1. The summed E-state index contributed by atoms with van der Waals surface area (Å²) in [5.74, 6) is 0. The zero-order valence-electron chi connectivity index (χ0n) is 12.4. The molecule has 2 N–H and O–H groups in total. The van der Waals surface area contributed by atoms with Crippen molar-refractivity contribution in [3.05, 3.63) is 74.9 Å². The molecule has 1 aromatic carbocycles. The number of halogens is 2. The number of anilines is 1. The predicted octanol–water partition coefficient (Wildman–Crippen LogP) is 4.09. The molecule has 0 aliphatic carbocycles. The van der Waals surface area contributed by atoms with E-state index in [1.54, 1.807) is 22.7 Å². The molecule has 5 nitrogen and oxygen atoms in total. The molecule has 0 spiro atoms. The van der Waals surface area contributed by atoms with Crippen molar-refractivity contribution in [3.63, 3.8) is 0 Å². The molecule has 0 unspecified atom stereocenters. The molecular weight excluding hydrogens is 347 g/mol. The van der Waals surface area contributed by atoms with Gasteiger partial charge in [0.15, 0.2) is 0 Å². The van der Waals surface area contributed by atoms with Crippen LogP contribution in [0.25, 0.3) is 16.6 Å². The van der Waals surface area contributed by atoms with Crippen LogP contribution in [0.5, 0.6) is 0 Å². The summed E-state index contributed by atoms with van der Waals surface area (Å²) in [6, 6.07) is 11.0. The van der Waals surface area contributed by atoms with Crippen molar-refractivity contribution in [1.29, 1.82) is 0 Å². The number of H-pyrrole nitrogens is 1. The summed E-state index contributed by atoms with van der Waals surface area (Å²) in [4.78, 5) is 19.2. The Balaban J connectivity index is 1.64. The van der Waals surface area contributed by atoms with Crippen LogP contribution in [0.3, 0.4) is 0 Å². The summed E-state index contributed by atoms with van der Waals surface area (Å²) >= 11 is 12.1. The summed E-state index contributed by atoms with van der Waals surface area (Å²) in [5.41, 5.74) is 2.87. The third-order valence-electron chi connectivity index (χ3n) is 3.83. The number of aromatic amines is 1. The third-order valence-corrected chi connectivity index (χ3v) is 4.34. The maximum Gasteiger partial charge on any atom is 0.253 e. The van der Waals surface area contributed by atoms with Crippen LogP contribution in [0.15, 0.2) is 53.6 Å². The van der Waals surface area contributed by atoms with Crippen LogP contribution in [-0.2, 0) is 6.54 Å². The highest BCUT2D eigenvalue weighted by Gasteiger charge is 2.05. The maximum absolute atomic E-state index is 12.2. The van der Waals surface area contributed by atoms with E-state index in [2.05, 4.69) is 15.3 Å². The monoisotopic (exact) mass is 358 g/mol. The van der Waals surface area contributed by atoms with Crippen molar-refractivity contribution in [2.75, 3.05) is 5.32 Å². The van der Waals surface area contributed by atoms with E-state index in [1.165, 1.54) is 0 Å². The van der Waals surface area contributed by atoms with Crippen LogP contribution < -0.4 is 10.9 Å². The lowest BCUT2D eigenvalue weighted by atomic mass is 10.1. The highest BCUT2D eigenvalue weighted by Crippen LogP contribution is 2.19. The first-order valence-electron chi connectivity index (χ1n) is 7.28. The fourth-order valence-corrected chi connectivity index (χ4v) is 2.97. The quantitative estimate of drug-likeness (QED) is 0.579. The molecule has 0 bridgehead atoms. The number of aromatic nitrogens is 3. The minimum absolute atomic E-state index is 0.126. The first kappa shape index (κ1) is 15.1. The Labute approximate surface area is 146 Å². The lowest BCUT2D eigenvalue weighted by Crippen LogP contribution is -2.15. The van der Waals surface area contributed by atoms with Gasteiger partial charge < -0.3 is 10.3 Å². The summed E-state index contributed by atoms with van der Waals surface area (Å²) in [6.45, 7) is 0.385. The molecule has 3 heterocycles. The maximum atomic E-state index is 12.2. The zero-order chi connectivity index (χ0) is 16.7. The predicted molar refractivity (Wildman–Crippen MR) is 97.1 cm³/mol. The first-order valence-corrected chi connectivity index (χ1v) is 8.04. The number of benzene rings is 1. The van der Waals surface area contributed by atoms with Gasteiger partial charge in [0, 0.05) is 34.2 Å². The number of nitrogens with zero attached hydrogens (tertiary/aromatic N) is 2. The number of hydrogen-bond donors (Lipinski definition) is 2. The van der Waals surface area contributed by atoms with Crippen molar-refractivity contribution in [3.8, 4) is 0 Å². The molecule has 0 aliphatic rings. The first-order chi connectivity index (χ1) is 11.6. The average Bonchev–Trinajstić information content (AvgIpc) is 2.94. The van der Waals surface area contributed by atoms with Crippen LogP contribution in [0.2, 0.25) is 10.2 Å². The molecule has 120 valence electrons. The lowest BCUT2D eigenvalue weighted by molar-refractivity contribution is 1.08. The summed E-state index contributed by atoms with van der Waals surface area (Å²) in [7, 11) is 0. The number of nitrogens with one attached hydrogen (secondary N) is 2. The van der Waals surface area contributed by atoms with Gasteiger partial charge in [0.1, 0.15) is 10.8 Å². The highest BCUT2D eigenvalue weighted by atomic mass is 35.5. The summed E-state index contributed by atoms with van der Waals surface area (Å²) in [5, 5.41) is 5.29. The largest absolute Gasteiger partial charge is 0.380 e. The number of rotatable bonds is 3. The standard InChI is InChI=1S/C17H12Cl2N4O/c18-12-1-3-14-10(6-12)5-11(17(24)22-14)7-20-13-2-4-16-21-8-15(19)23(16)9-13/h1-6,8-9,20H,7H2,(H,22,24). The van der Waals surface area contributed by atoms with Gasteiger partial charge in [-0.3, -0.25) is 9.20 Å². The van der Waals surface area contributed by atoms with E-state index in [1.807, 2.05) is 30.5 Å². The van der Waals surface area contributed by atoms with E-state index in [-0.39, 0.29) is 5.56 Å². The minimum atomic E-state index is -0.126. The molecule has 4 aromatic rings. The second-order valence-electron chi connectivity index (χ2n) is 5.44. The molecule has 4 rings (SSSR count). The Kier molecular flexibility index (Phi) is 3.67. The van der Waals surface area contributed by atoms with E-state index in [9.17, 15) is 4.79 Å². The zero-order valence-corrected chi connectivity index (χ0v) is 13.9. The van der Waals surface area contributed by atoms with Crippen LogP contribution in [0.4, 0.5) is 5.69 Å². The highest BCUT2D eigenvalue weighted by molar-refractivity contribution is 6.31. The van der Waals surface area contributed by atoms with Crippen LogP contribution in [0, 0.1) is 0 Å². The van der Waals surface area contributed by atoms with Gasteiger partial charge in [-0.15, -0.1) is 0 Å². The average molecular weight is 359 g/mol.